The van der Waals surface area contributed by atoms with Gasteiger partial charge in [-0.2, -0.15) is 13.2 Å². The molecule has 2 saturated heterocycles. The second-order valence-corrected chi connectivity index (χ2v) is 5.11. The first kappa shape index (κ1) is 15.4. The van der Waals surface area contributed by atoms with Crippen LogP contribution >= 0.6 is 0 Å². The highest BCUT2D eigenvalue weighted by Gasteiger charge is 2.44. The maximum absolute atomic E-state index is 13.1. The van der Waals surface area contributed by atoms with Crippen LogP contribution in [-0.2, 0) is 9.63 Å². The van der Waals surface area contributed by atoms with Gasteiger partial charge in [0.1, 0.15) is 0 Å². The third kappa shape index (κ3) is 3.78. The summed E-state index contributed by atoms with van der Waals surface area (Å²) in [6, 6.07) is -0.0933. The van der Waals surface area contributed by atoms with Crippen molar-refractivity contribution in [2.24, 2.45) is 0 Å². The van der Waals surface area contributed by atoms with E-state index in [1.165, 1.54) is 0 Å². The molecule has 2 aliphatic heterocycles. The van der Waals surface area contributed by atoms with Crippen LogP contribution in [-0.4, -0.2) is 60.3 Å². The topological polar surface area (TPSA) is 32.8 Å². The van der Waals surface area contributed by atoms with Gasteiger partial charge >= 0.3 is 12.1 Å². The first-order valence-corrected chi connectivity index (χ1v) is 6.33. The normalized spacial score (nSPS) is 25.9. The average molecular weight is 302 g/mol. The number of rotatable bonds is 2. The highest BCUT2D eigenvalue weighted by Crippen LogP contribution is 2.31. The second kappa shape index (κ2) is 5.44. The highest BCUT2D eigenvalue weighted by molar-refractivity contribution is 5.75. The van der Waals surface area contributed by atoms with Crippen molar-refractivity contribution in [1.29, 1.82) is 0 Å². The summed E-state index contributed by atoms with van der Waals surface area (Å²) in [6.07, 6.45) is -4.40. The third-order valence-corrected chi connectivity index (χ3v) is 3.58. The maximum atomic E-state index is 13.1. The Bertz CT molecular complexity index is 366. The van der Waals surface area contributed by atoms with Crippen LogP contribution in [0.3, 0.4) is 0 Å². The zero-order chi connectivity index (χ0) is 15.0. The molecule has 0 aliphatic carbocycles. The molecule has 0 N–H and O–H groups in total. The summed E-state index contributed by atoms with van der Waals surface area (Å²) >= 11 is 0. The maximum Gasteiger partial charge on any atom is 0.492 e. The lowest BCUT2D eigenvalue weighted by molar-refractivity contribution is -0.242. The average Bonchev–Trinajstić information content (AvgIpc) is 2.69. The van der Waals surface area contributed by atoms with Gasteiger partial charge in [-0.15, -0.1) is 5.06 Å². The molecule has 0 aromatic rings. The molecule has 20 heavy (non-hydrogen) atoms. The lowest BCUT2D eigenvalue weighted by Crippen LogP contribution is -2.46. The highest BCUT2D eigenvalue weighted by atomic mass is 19.4. The van der Waals surface area contributed by atoms with Gasteiger partial charge < -0.3 is 4.84 Å². The number of hydrogen-bond donors (Lipinski definition) is 0. The molecule has 0 saturated carbocycles. The predicted octanol–water partition coefficient (Wildman–Crippen LogP) is 1.81. The van der Waals surface area contributed by atoms with Gasteiger partial charge in [-0.25, -0.2) is 13.6 Å². The quantitative estimate of drug-likeness (QED) is 0.728. The molecule has 0 aromatic heterocycles. The van der Waals surface area contributed by atoms with Crippen LogP contribution in [0.1, 0.15) is 19.3 Å². The fourth-order valence-electron chi connectivity index (χ4n) is 2.54. The van der Waals surface area contributed by atoms with Crippen LogP contribution in [0.2, 0.25) is 0 Å². The Kier molecular flexibility index (Phi) is 4.19. The molecule has 4 nitrogen and oxygen atoms in total. The summed E-state index contributed by atoms with van der Waals surface area (Å²) in [5.41, 5.74) is 0. The number of likely N-dealkylation sites (tertiary alicyclic amines) is 1. The van der Waals surface area contributed by atoms with E-state index in [4.69, 9.17) is 0 Å². The van der Waals surface area contributed by atoms with Gasteiger partial charge in [0, 0.05) is 32.1 Å². The van der Waals surface area contributed by atoms with Gasteiger partial charge in [0.05, 0.1) is 6.54 Å². The molecule has 2 fully saturated rings. The summed E-state index contributed by atoms with van der Waals surface area (Å²) in [6.45, 7) is 0.225. The molecule has 2 heterocycles. The van der Waals surface area contributed by atoms with Crippen LogP contribution in [0.15, 0.2) is 0 Å². The predicted molar refractivity (Wildman–Crippen MR) is 57.9 cm³/mol. The van der Waals surface area contributed by atoms with E-state index in [0.29, 0.717) is 19.4 Å². The molecule has 2 rings (SSSR count). The number of alkyl halides is 5. The molecule has 0 aromatic carbocycles. The van der Waals surface area contributed by atoms with E-state index in [1.54, 1.807) is 4.90 Å². The van der Waals surface area contributed by atoms with Gasteiger partial charge in [-0.05, 0) is 12.8 Å². The molecule has 0 radical (unpaired) electrons. The van der Waals surface area contributed by atoms with Crippen molar-refractivity contribution in [3.05, 3.63) is 0 Å². The molecular formula is C11H15F5N2O2. The van der Waals surface area contributed by atoms with Crippen LogP contribution in [0.25, 0.3) is 0 Å². The van der Waals surface area contributed by atoms with Crippen molar-refractivity contribution in [2.45, 2.75) is 37.4 Å². The number of halogens is 5. The molecule has 0 spiro atoms. The van der Waals surface area contributed by atoms with Crippen molar-refractivity contribution in [3.63, 3.8) is 0 Å². The largest absolute Gasteiger partial charge is 0.492 e. The lowest BCUT2D eigenvalue weighted by Gasteiger charge is -2.35. The molecule has 0 atom stereocenters. The minimum atomic E-state index is -5.02. The van der Waals surface area contributed by atoms with E-state index in [0.717, 1.165) is 5.06 Å². The number of carbonyl (C=O) groups is 1. The first-order valence-electron chi connectivity index (χ1n) is 6.33. The smallest absolute Gasteiger partial charge is 0.361 e. The summed E-state index contributed by atoms with van der Waals surface area (Å²) in [5, 5.41) is 0.945. The first-order chi connectivity index (χ1) is 9.17. The van der Waals surface area contributed by atoms with Crippen LogP contribution < -0.4 is 0 Å². The Labute approximate surface area is 112 Å². The summed E-state index contributed by atoms with van der Waals surface area (Å²) in [4.78, 5) is 16.5. The molecule has 9 heteroatoms. The standard InChI is InChI=1S/C11H15F5N2O2/c12-10(13)3-6-17(7-10)8-1-4-18(5-2-8)20-9(19)11(14,15)16/h8H,1-7H2. The molecule has 0 amide bonds. The molecular weight excluding hydrogens is 287 g/mol. The zero-order valence-corrected chi connectivity index (χ0v) is 10.6. The van der Waals surface area contributed by atoms with E-state index in [1.807, 2.05) is 0 Å². The number of hydrogen-bond acceptors (Lipinski definition) is 4. The molecule has 2 aliphatic rings. The number of nitrogens with zero attached hydrogens (tertiary/aromatic N) is 2. The van der Waals surface area contributed by atoms with E-state index in [-0.39, 0.29) is 32.1 Å². The fourth-order valence-corrected chi connectivity index (χ4v) is 2.54. The van der Waals surface area contributed by atoms with E-state index in [2.05, 4.69) is 4.84 Å². The van der Waals surface area contributed by atoms with Crippen molar-refractivity contribution >= 4 is 5.97 Å². The second-order valence-electron chi connectivity index (χ2n) is 5.11. The SMILES string of the molecule is O=C(ON1CCC(N2CCC(F)(F)C2)CC1)C(F)(F)F. The summed E-state index contributed by atoms with van der Waals surface area (Å²) in [7, 11) is 0. The Morgan fingerprint density at radius 3 is 2.20 bits per heavy atom. The van der Waals surface area contributed by atoms with Gasteiger partial charge in [0.15, 0.2) is 0 Å². The van der Waals surface area contributed by atoms with Gasteiger partial charge in [-0.3, -0.25) is 4.90 Å². The van der Waals surface area contributed by atoms with E-state index >= 15 is 0 Å². The van der Waals surface area contributed by atoms with Crippen molar-refractivity contribution < 1.29 is 31.6 Å². The minimum Gasteiger partial charge on any atom is -0.361 e. The molecule has 116 valence electrons. The van der Waals surface area contributed by atoms with Crippen molar-refractivity contribution in [1.82, 2.24) is 9.96 Å². The van der Waals surface area contributed by atoms with Gasteiger partial charge in [-0.1, -0.05) is 0 Å². The van der Waals surface area contributed by atoms with E-state index < -0.39 is 18.1 Å². The fraction of sp³-hybridized carbons (Fsp3) is 0.909. The number of carbonyl (C=O) groups excluding carboxylic acids is 1. The summed E-state index contributed by atoms with van der Waals surface area (Å²) < 4.78 is 62.2. The molecule has 0 bridgehead atoms. The van der Waals surface area contributed by atoms with Gasteiger partial charge in [0.2, 0.25) is 0 Å². The van der Waals surface area contributed by atoms with Crippen molar-refractivity contribution in [2.75, 3.05) is 26.2 Å². The van der Waals surface area contributed by atoms with Crippen LogP contribution in [0.4, 0.5) is 22.0 Å². The summed E-state index contributed by atoms with van der Waals surface area (Å²) in [5.74, 6) is -4.93. The Balaban J connectivity index is 1.77. The monoisotopic (exact) mass is 302 g/mol. The molecule has 0 unspecified atom stereocenters. The number of piperidine rings is 1. The lowest BCUT2D eigenvalue weighted by atomic mass is 10.1. The van der Waals surface area contributed by atoms with E-state index in [9.17, 15) is 26.7 Å². The zero-order valence-electron chi connectivity index (χ0n) is 10.6. The van der Waals surface area contributed by atoms with Crippen LogP contribution in [0, 0.1) is 0 Å². The van der Waals surface area contributed by atoms with Gasteiger partial charge in [0.25, 0.3) is 5.92 Å². The Hall–Kier alpha value is -0.960. The minimum absolute atomic E-state index is 0.0933. The Morgan fingerprint density at radius 1 is 1.15 bits per heavy atom. The number of hydroxylamine groups is 2. The van der Waals surface area contributed by atoms with Crippen molar-refractivity contribution in [3.8, 4) is 0 Å². The third-order valence-electron chi connectivity index (χ3n) is 3.58. The Morgan fingerprint density at radius 2 is 1.75 bits per heavy atom. The van der Waals surface area contributed by atoms with Crippen LogP contribution in [0.5, 0.6) is 0 Å².